The molecule has 154 valence electrons. The van der Waals surface area contributed by atoms with Crippen LogP contribution in [0.5, 0.6) is 0 Å². The Morgan fingerprint density at radius 3 is 2.60 bits per heavy atom. The van der Waals surface area contributed by atoms with E-state index in [9.17, 15) is 9.90 Å². The number of aromatic nitrogens is 2. The lowest BCUT2D eigenvalue weighted by atomic mass is 9.86. The zero-order valence-corrected chi connectivity index (χ0v) is 17.0. The van der Waals surface area contributed by atoms with E-state index in [1.807, 2.05) is 47.8 Å². The van der Waals surface area contributed by atoms with Crippen LogP contribution < -0.4 is 0 Å². The molecule has 1 fully saturated rings. The average molecular weight is 402 g/mol. The van der Waals surface area contributed by atoms with E-state index in [0.29, 0.717) is 12.8 Å². The molecule has 3 heterocycles. The van der Waals surface area contributed by atoms with Gasteiger partial charge in [0.2, 0.25) is 5.91 Å². The molecule has 0 spiro atoms. The first-order chi connectivity index (χ1) is 14.7. The molecule has 2 aliphatic rings. The number of carbonyl (C=O) groups is 1. The highest BCUT2D eigenvalue weighted by molar-refractivity contribution is 5.78. The van der Waals surface area contributed by atoms with Gasteiger partial charge in [0.25, 0.3) is 0 Å². The minimum Gasteiger partial charge on any atom is -0.393 e. The predicted molar refractivity (Wildman–Crippen MR) is 116 cm³/mol. The van der Waals surface area contributed by atoms with Crippen molar-refractivity contribution >= 4 is 5.91 Å². The summed E-state index contributed by atoms with van der Waals surface area (Å²) in [5.74, 6) is 0.410. The van der Waals surface area contributed by atoms with Crippen molar-refractivity contribution in [2.24, 2.45) is 5.92 Å². The summed E-state index contributed by atoms with van der Waals surface area (Å²) in [5, 5.41) is 11.0. The summed E-state index contributed by atoms with van der Waals surface area (Å²) >= 11 is 0. The fraction of sp³-hybridized carbons (Fsp3) is 0.360. The molecule has 2 atom stereocenters. The predicted octanol–water partition coefficient (Wildman–Crippen LogP) is 3.69. The van der Waals surface area contributed by atoms with Gasteiger partial charge in [-0.15, -0.1) is 0 Å². The van der Waals surface area contributed by atoms with E-state index in [1.54, 1.807) is 0 Å². The minimum atomic E-state index is -0.386. The van der Waals surface area contributed by atoms with Crippen LogP contribution >= 0.6 is 0 Å². The molecule has 0 bridgehead atoms. The van der Waals surface area contributed by atoms with Crippen LogP contribution in [0.25, 0.3) is 11.3 Å². The van der Waals surface area contributed by atoms with Crippen molar-refractivity contribution < 1.29 is 9.90 Å². The normalized spacial score (nSPS) is 19.4. The summed E-state index contributed by atoms with van der Waals surface area (Å²) in [6.45, 7) is 1.45. The summed E-state index contributed by atoms with van der Waals surface area (Å²) in [4.78, 5) is 18.9. The molecule has 0 aliphatic carbocycles. The molecule has 3 aromatic rings. The number of rotatable bonds is 5. The van der Waals surface area contributed by atoms with E-state index in [-0.39, 0.29) is 24.0 Å². The number of hydrogen-bond donors (Lipinski definition) is 1. The quantitative estimate of drug-likeness (QED) is 0.709. The van der Waals surface area contributed by atoms with Crippen molar-refractivity contribution in [3.63, 3.8) is 0 Å². The molecule has 2 aromatic carbocycles. The highest BCUT2D eigenvalue weighted by atomic mass is 16.3. The largest absolute Gasteiger partial charge is 0.393 e. The van der Waals surface area contributed by atoms with Gasteiger partial charge in [-0.1, -0.05) is 54.6 Å². The molecule has 0 radical (unpaired) electrons. The van der Waals surface area contributed by atoms with Crippen molar-refractivity contribution in [3.8, 4) is 11.3 Å². The van der Waals surface area contributed by atoms with Gasteiger partial charge in [0, 0.05) is 18.7 Å². The van der Waals surface area contributed by atoms with Crippen molar-refractivity contribution in [2.75, 3.05) is 13.1 Å². The van der Waals surface area contributed by atoms with E-state index in [1.165, 1.54) is 11.1 Å². The number of aliphatic hydroxyl groups is 1. The Labute approximate surface area is 177 Å². The fourth-order valence-electron chi connectivity index (χ4n) is 5.01. The van der Waals surface area contributed by atoms with Crippen LogP contribution in [-0.2, 0) is 11.2 Å². The molecular weight excluding hydrogens is 374 g/mol. The lowest BCUT2D eigenvalue weighted by Crippen LogP contribution is -2.42. The molecule has 30 heavy (non-hydrogen) atoms. The van der Waals surface area contributed by atoms with Crippen molar-refractivity contribution in [3.05, 3.63) is 78.2 Å². The second-order valence-electron chi connectivity index (χ2n) is 8.47. The Balaban J connectivity index is 1.20. The third-order valence-electron chi connectivity index (χ3n) is 6.70. The first-order valence-corrected chi connectivity index (χ1v) is 10.8. The maximum atomic E-state index is 12.6. The molecule has 1 amide bonds. The smallest absolute Gasteiger partial charge is 0.226 e. The zero-order valence-electron chi connectivity index (χ0n) is 17.0. The lowest BCUT2D eigenvalue weighted by Gasteiger charge is -2.35. The number of aliphatic hydroxyl groups excluding tert-OH is 1. The Hall–Kier alpha value is -2.92. The van der Waals surface area contributed by atoms with Gasteiger partial charge in [0.15, 0.2) is 0 Å². The van der Waals surface area contributed by atoms with Gasteiger partial charge in [-0.05, 0) is 36.3 Å². The van der Waals surface area contributed by atoms with Crippen molar-refractivity contribution in [2.45, 2.75) is 37.8 Å². The number of benzene rings is 2. The Kier molecular flexibility index (Phi) is 5.13. The summed E-state index contributed by atoms with van der Waals surface area (Å²) in [7, 11) is 0. The Bertz CT molecular complexity index is 1020. The van der Waals surface area contributed by atoms with Crippen LogP contribution in [0, 0.1) is 5.92 Å². The van der Waals surface area contributed by atoms with E-state index in [4.69, 9.17) is 0 Å². The summed E-state index contributed by atoms with van der Waals surface area (Å²) in [6.07, 6.45) is 6.24. The first kappa shape index (κ1) is 19.1. The van der Waals surface area contributed by atoms with E-state index in [2.05, 4.69) is 33.8 Å². The van der Waals surface area contributed by atoms with E-state index < -0.39 is 0 Å². The van der Waals surface area contributed by atoms with Gasteiger partial charge in [-0.3, -0.25) is 4.79 Å². The number of fused-ring (bicyclic) bond motifs is 3. The van der Waals surface area contributed by atoms with Crippen molar-refractivity contribution in [1.29, 1.82) is 0 Å². The summed E-state index contributed by atoms with van der Waals surface area (Å²) < 4.78 is 2.19. The monoisotopic (exact) mass is 401 g/mol. The topological polar surface area (TPSA) is 58.4 Å². The number of nitrogens with zero attached hydrogens (tertiary/aromatic N) is 3. The lowest BCUT2D eigenvalue weighted by molar-refractivity contribution is -0.132. The SMILES string of the molecule is O=C(Cc1ccccc1)N1CCC(C(O)CC2c3ccccc3-c3cncn32)CC1. The molecule has 1 aromatic heterocycles. The Morgan fingerprint density at radius 1 is 1.07 bits per heavy atom. The van der Waals surface area contributed by atoms with Crippen LogP contribution in [0.1, 0.15) is 36.4 Å². The number of likely N-dealkylation sites (tertiary alicyclic amines) is 1. The Morgan fingerprint density at radius 2 is 1.80 bits per heavy atom. The van der Waals surface area contributed by atoms with Gasteiger partial charge < -0.3 is 14.6 Å². The van der Waals surface area contributed by atoms with Gasteiger partial charge in [-0.2, -0.15) is 0 Å². The highest BCUT2D eigenvalue weighted by Gasteiger charge is 2.33. The maximum Gasteiger partial charge on any atom is 0.226 e. The number of imidazole rings is 1. The molecule has 2 unspecified atom stereocenters. The van der Waals surface area contributed by atoms with Crippen molar-refractivity contribution in [1.82, 2.24) is 14.5 Å². The maximum absolute atomic E-state index is 12.6. The van der Waals surface area contributed by atoms with Crippen LogP contribution in [0.4, 0.5) is 0 Å². The standard InChI is InChI=1S/C25H27N3O2/c29-24(15-22-20-8-4-5-9-21(20)23-16-26-17-28(22)23)19-10-12-27(13-11-19)25(30)14-18-6-2-1-3-7-18/h1-9,16-17,19,22,24,29H,10-15H2. The number of carbonyl (C=O) groups excluding carboxylic acids is 1. The number of amides is 1. The molecular formula is C25H27N3O2. The van der Waals surface area contributed by atoms with E-state index in [0.717, 1.165) is 37.2 Å². The second kappa shape index (κ2) is 8.07. The molecule has 2 aliphatic heterocycles. The van der Waals surface area contributed by atoms with Gasteiger partial charge >= 0.3 is 0 Å². The number of piperidine rings is 1. The minimum absolute atomic E-state index is 0.131. The molecule has 5 heteroatoms. The zero-order chi connectivity index (χ0) is 20.5. The molecule has 5 nitrogen and oxygen atoms in total. The van der Waals surface area contributed by atoms with Crippen LogP contribution in [-0.4, -0.2) is 44.7 Å². The second-order valence-corrected chi connectivity index (χ2v) is 8.47. The van der Waals surface area contributed by atoms with E-state index >= 15 is 0 Å². The third kappa shape index (κ3) is 3.54. The van der Waals surface area contributed by atoms with Gasteiger partial charge in [-0.25, -0.2) is 4.98 Å². The summed E-state index contributed by atoms with van der Waals surface area (Å²) in [5.41, 5.74) is 4.67. The number of hydrogen-bond acceptors (Lipinski definition) is 3. The molecule has 1 saturated heterocycles. The van der Waals surface area contributed by atoms with Crippen LogP contribution in [0.2, 0.25) is 0 Å². The molecule has 5 rings (SSSR count). The van der Waals surface area contributed by atoms with Crippen LogP contribution in [0.3, 0.4) is 0 Å². The fourth-order valence-corrected chi connectivity index (χ4v) is 5.01. The van der Waals surface area contributed by atoms with Crippen LogP contribution in [0.15, 0.2) is 67.1 Å². The average Bonchev–Trinajstić information content (AvgIpc) is 3.37. The van der Waals surface area contributed by atoms with Gasteiger partial charge in [0.1, 0.15) is 0 Å². The third-order valence-corrected chi connectivity index (χ3v) is 6.70. The molecule has 0 saturated carbocycles. The highest BCUT2D eigenvalue weighted by Crippen LogP contribution is 2.42. The van der Waals surface area contributed by atoms with Gasteiger partial charge in [0.05, 0.1) is 36.8 Å². The molecule has 1 N–H and O–H groups in total. The summed E-state index contributed by atoms with van der Waals surface area (Å²) in [6, 6.07) is 18.4. The first-order valence-electron chi connectivity index (χ1n) is 10.8.